The van der Waals surface area contributed by atoms with Crippen molar-refractivity contribution in [1.82, 2.24) is 24.5 Å². The lowest BCUT2D eigenvalue weighted by Gasteiger charge is -2.09. The fourth-order valence-corrected chi connectivity index (χ4v) is 4.02. The van der Waals surface area contributed by atoms with Crippen molar-refractivity contribution >= 4 is 29.4 Å². The van der Waals surface area contributed by atoms with Crippen LogP contribution >= 0.6 is 11.8 Å². The molecule has 144 valence electrons. The van der Waals surface area contributed by atoms with Crippen molar-refractivity contribution < 1.29 is 4.79 Å². The zero-order valence-electron chi connectivity index (χ0n) is 15.3. The predicted octanol–water partition coefficient (Wildman–Crippen LogP) is 2.99. The molecule has 2 saturated carbocycles. The zero-order chi connectivity index (χ0) is 19.1. The van der Waals surface area contributed by atoms with Gasteiger partial charge in [0.25, 0.3) is 0 Å². The number of carbonyl (C=O) groups excluding carboxylic acids is 1. The Hall–Kier alpha value is -2.81. The Morgan fingerprint density at radius 3 is 2.68 bits per heavy atom. The molecular weight excluding hydrogens is 374 g/mol. The smallest absolute Gasteiger partial charge is 0.236 e. The summed E-state index contributed by atoms with van der Waals surface area (Å²) in [4.78, 5) is 12.6. The van der Waals surface area contributed by atoms with Crippen molar-refractivity contribution in [3.05, 3.63) is 42.1 Å². The van der Waals surface area contributed by atoms with Crippen LogP contribution in [0.5, 0.6) is 0 Å². The normalized spacial score (nSPS) is 16.3. The molecule has 3 N–H and O–H groups in total. The highest BCUT2D eigenvalue weighted by atomic mass is 32.2. The summed E-state index contributed by atoms with van der Waals surface area (Å²) in [5.41, 5.74) is 7.86. The van der Waals surface area contributed by atoms with E-state index in [0.29, 0.717) is 28.9 Å². The van der Waals surface area contributed by atoms with Gasteiger partial charge in [0.05, 0.1) is 17.1 Å². The Kier molecular flexibility index (Phi) is 4.31. The Morgan fingerprint density at radius 1 is 1.18 bits per heavy atom. The average Bonchev–Trinajstić information content (AvgIpc) is 3.64. The third kappa shape index (κ3) is 3.49. The summed E-state index contributed by atoms with van der Waals surface area (Å²) in [6.07, 6.45) is 4.49. The molecule has 0 saturated heterocycles. The van der Waals surface area contributed by atoms with Crippen molar-refractivity contribution in [2.24, 2.45) is 0 Å². The molecule has 3 aromatic rings. The van der Waals surface area contributed by atoms with Gasteiger partial charge in [0, 0.05) is 18.0 Å². The number of nitrogens with zero attached hydrogens (tertiary/aromatic N) is 5. The van der Waals surface area contributed by atoms with E-state index in [0.717, 1.165) is 37.1 Å². The number of hydrogen-bond acceptors (Lipinski definition) is 6. The van der Waals surface area contributed by atoms with Crippen molar-refractivity contribution in [3.8, 4) is 5.69 Å². The van der Waals surface area contributed by atoms with Gasteiger partial charge in [-0.15, -0.1) is 10.2 Å². The maximum absolute atomic E-state index is 12.6. The van der Waals surface area contributed by atoms with Crippen molar-refractivity contribution in [2.45, 2.75) is 42.8 Å². The number of carbonyl (C=O) groups is 1. The predicted molar refractivity (Wildman–Crippen MR) is 108 cm³/mol. The first-order chi connectivity index (χ1) is 13.7. The monoisotopic (exact) mass is 395 g/mol. The highest BCUT2D eigenvalue weighted by Crippen LogP contribution is 2.41. The van der Waals surface area contributed by atoms with Gasteiger partial charge in [0.1, 0.15) is 5.82 Å². The van der Waals surface area contributed by atoms with Crippen LogP contribution in [-0.4, -0.2) is 36.2 Å². The SMILES string of the molecule is Nc1nnc(SCC(=O)Nc2cc(C3CC3)nn2-c2ccccc2)n1C1CC1. The summed E-state index contributed by atoms with van der Waals surface area (Å²) < 4.78 is 3.73. The van der Waals surface area contributed by atoms with Crippen molar-refractivity contribution in [3.63, 3.8) is 0 Å². The molecule has 9 heteroatoms. The zero-order valence-corrected chi connectivity index (χ0v) is 16.1. The number of benzene rings is 1. The fraction of sp³-hybridized carbons (Fsp3) is 0.368. The van der Waals surface area contributed by atoms with E-state index in [1.54, 1.807) is 4.68 Å². The molecule has 2 heterocycles. The largest absolute Gasteiger partial charge is 0.368 e. The molecule has 2 fully saturated rings. The van der Waals surface area contributed by atoms with E-state index in [9.17, 15) is 4.79 Å². The Balaban J connectivity index is 1.31. The molecule has 0 unspecified atom stereocenters. The third-order valence-electron chi connectivity index (χ3n) is 4.93. The summed E-state index contributed by atoms with van der Waals surface area (Å²) in [5.74, 6) is 1.76. The number of aromatic nitrogens is 5. The van der Waals surface area contributed by atoms with Gasteiger partial charge in [-0.2, -0.15) is 5.10 Å². The molecule has 5 rings (SSSR count). The number of para-hydroxylation sites is 1. The second-order valence-corrected chi connectivity index (χ2v) is 8.20. The van der Waals surface area contributed by atoms with Crippen LogP contribution < -0.4 is 11.1 Å². The molecule has 2 aliphatic rings. The number of rotatable bonds is 7. The van der Waals surface area contributed by atoms with Crippen molar-refractivity contribution in [2.75, 3.05) is 16.8 Å². The average molecular weight is 395 g/mol. The summed E-state index contributed by atoms with van der Waals surface area (Å²) >= 11 is 1.36. The second-order valence-electron chi connectivity index (χ2n) is 7.25. The number of thioether (sulfide) groups is 1. The van der Waals surface area contributed by atoms with Gasteiger partial charge >= 0.3 is 0 Å². The first-order valence-corrected chi connectivity index (χ1v) is 10.5. The van der Waals surface area contributed by atoms with Crippen LogP contribution in [-0.2, 0) is 4.79 Å². The van der Waals surface area contributed by atoms with Gasteiger partial charge in [-0.25, -0.2) is 4.68 Å². The summed E-state index contributed by atoms with van der Waals surface area (Å²) in [5, 5.41) is 16.5. The van der Waals surface area contributed by atoms with Crippen LogP contribution in [0.15, 0.2) is 41.6 Å². The maximum Gasteiger partial charge on any atom is 0.236 e. The highest BCUT2D eigenvalue weighted by Gasteiger charge is 2.30. The molecule has 0 bridgehead atoms. The number of amides is 1. The van der Waals surface area contributed by atoms with Crippen LogP contribution in [0.25, 0.3) is 5.69 Å². The van der Waals surface area contributed by atoms with Gasteiger partial charge in [0.15, 0.2) is 5.16 Å². The van der Waals surface area contributed by atoms with Crippen molar-refractivity contribution in [1.29, 1.82) is 0 Å². The van der Waals surface area contributed by atoms with Crippen LogP contribution in [0.1, 0.15) is 43.3 Å². The van der Waals surface area contributed by atoms with E-state index in [4.69, 9.17) is 10.8 Å². The lowest BCUT2D eigenvalue weighted by atomic mass is 10.3. The molecule has 8 nitrogen and oxygen atoms in total. The minimum absolute atomic E-state index is 0.103. The fourth-order valence-electron chi connectivity index (χ4n) is 3.20. The van der Waals surface area contributed by atoms with E-state index in [1.807, 2.05) is 41.0 Å². The van der Waals surface area contributed by atoms with E-state index >= 15 is 0 Å². The molecule has 2 aromatic heterocycles. The number of hydrogen-bond donors (Lipinski definition) is 2. The van der Waals surface area contributed by atoms with Crippen LogP contribution in [0.3, 0.4) is 0 Å². The van der Waals surface area contributed by atoms with Gasteiger partial charge < -0.3 is 11.1 Å². The lowest BCUT2D eigenvalue weighted by molar-refractivity contribution is -0.113. The second kappa shape index (κ2) is 6.97. The number of nitrogens with two attached hydrogens (primary N) is 1. The number of anilines is 2. The van der Waals surface area contributed by atoms with Gasteiger partial charge in [0.2, 0.25) is 11.9 Å². The van der Waals surface area contributed by atoms with E-state index in [-0.39, 0.29) is 11.7 Å². The summed E-state index contributed by atoms with van der Waals surface area (Å²) in [7, 11) is 0. The minimum atomic E-state index is -0.103. The Labute approximate surface area is 166 Å². The topological polar surface area (TPSA) is 104 Å². The van der Waals surface area contributed by atoms with Gasteiger partial charge in [-0.05, 0) is 37.8 Å². The standard InChI is InChI=1S/C19H21N7OS/c20-18-22-23-19(25(18)13-8-9-13)28-11-17(27)21-16-10-15(12-6-7-12)24-26(16)14-4-2-1-3-5-14/h1-5,10,12-13H,6-9,11H2,(H2,20,22)(H,21,27). The van der Waals surface area contributed by atoms with Crippen LogP contribution in [0.4, 0.5) is 11.8 Å². The van der Waals surface area contributed by atoms with E-state index < -0.39 is 0 Å². The molecule has 2 aliphatic carbocycles. The van der Waals surface area contributed by atoms with E-state index in [2.05, 4.69) is 15.5 Å². The third-order valence-corrected chi connectivity index (χ3v) is 5.87. The molecule has 0 atom stereocenters. The van der Waals surface area contributed by atoms with Crippen LogP contribution in [0.2, 0.25) is 0 Å². The summed E-state index contributed by atoms with van der Waals surface area (Å²) in [6.45, 7) is 0. The first-order valence-electron chi connectivity index (χ1n) is 9.47. The van der Waals surface area contributed by atoms with E-state index in [1.165, 1.54) is 11.8 Å². The molecule has 0 radical (unpaired) electrons. The van der Waals surface area contributed by atoms with Gasteiger partial charge in [-0.3, -0.25) is 9.36 Å². The number of nitrogen functional groups attached to an aromatic ring is 1. The quantitative estimate of drug-likeness (QED) is 0.596. The van der Waals surface area contributed by atoms with Crippen LogP contribution in [0, 0.1) is 0 Å². The molecule has 1 aromatic carbocycles. The summed E-state index contributed by atoms with van der Waals surface area (Å²) in [6, 6.07) is 12.2. The minimum Gasteiger partial charge on any atom is -0.368 e. The lowest BCUT2D eigenvalue weighted by Crippen LogP contribution is -2.17. The molecule has 0 spiro atoms. The first kappa shape index (κ1) is 17.3. The van der Waals surface area contributed by atoms with Gasteiger partial charge in [-0.1, -0.05) is 30.0 Å². The number of nitrogens with one attached hydrogen (secondary N) is 1. The molecular formula is C19H21N7OS. The molecule has 0 aliphatic heterocycles. The maximum atomic E-state index is 12.6. The highest BCUT2D eigenvalue weighted by molar-refractivity contribution is 7.99. The Morgan fingerprint density at radius 2 is 1.96 bits per heavy atom. The molecule has 1 amide bonds. The molecule has 28 heavy (non-hydrogen) atoms. The Bertz CT molecular complexity index is 1000.